The van der Waals surface area contributed by atoms with Gasteiger partial charge < -0.3 is 10.2 Å². The van der Waals surface area contributed by atoms with Crippen LogP contribution < -0.4 is 5.73 Å². The molecule has 0 aliphatic carbocycles. The maximum atomic E-state index is 5.83. The second kappa shape index (κ2) is 4.55. The fourth-order valence-electron chi connectivity index (χ4n) is 1.57. The van der Waals surface area contributed by atoms with Crippen LogP contribution in [0.25, 0.3) is 11.1 Å². The first kappa shape index (κ1) is 11.4. The number of halogens is 1. The highest BCUT2D eigenvalue weighted by Gasteiger charge is 2.07. The topological polar surface area (TPSA) is 52.0 Å². The Morgan fingerprint density at radius 2 is 1.89 bits per heavy atom. The number of nitrogens with two attached hydrogens (primary N) is 1. The van der Waals surface area contributed by atoms with Crippen molar-refractivity contribution >= 4 is 40.1 Å². The highest BCUT2D eigenvalue weighted by atomic mass is 35.5. The zero-order valence-corrected chi connectivity index (χ0v) is 10.8. The van der Waals surface area contributed by atoms with Crippen molar-refractivity contribution < 1.29 is 4.42 Å². The molecule has 3 aromatic rings. The van der Waals surface area contributed by atoms with Crippen LogP contribution in [0.5, 0.6) is 0 Å². The van der Waals surface area contributed by atoms with E-state index in [2.05, 4.69) is 4.98 Å². The van der Waals surface area contributed by atoms with Gasteiger partial charge in [0.25, 0.3) is 5.22 Å². The Balaban J connectivity index is 1.92. The molecule has 0 aliphatic heterocycles. The van der Waals surface area contributed by atoms with Crippen LogP contribution in [-0.2, 0) is 0 Å². The lowest BCUT2D eigenvalue weighted by atomic mass is 10.3. The summed E-state index contributed by atoms with van der Waals surface area (Å²) in [6.07, 6.45) is 0. The van der Waals surface area contributed by atoms with E-state index in [1.165, 1.54) is 11.8 Å². The van der Waals surface area contributed by atoms with Gasteiger partial charge in [-0.2, -0.15) is 0 Å². The normalized spacial score (nSPS) is 10.9. The molecular weight excluding hydrogens is 268 g/mol. The molecule has 0 spiro atoms. The Morgan fingerprint density at radius 1 is 1.11 bits per heavy atom. The first-order chi connectivity index (χ1) is 8.70. The van der Waals surface area contributed by atoms with Gasteiger partial charge in [-0.3, -0.25) is 0 Å². The van der Waals surface area contributed by atoms with E-state index in [1.807, 2.05) is 36.4 Å². The number of fused-ring (bicyclic) bond motifs is 1. The minimum Gasteiger partial charge on any atom is -0.431 e. The van der Waals surface area contributed by atoms with E-state index >= 15 is 0 Å². The molecular formula is C13H9ClN2OS. The van der Waals surface area contributed by atoms with Crippen molar-refractivity contribution in [2.45, 2.75) is 10.1 Å². The van der Waals surface area contributed by atoms with E-state index in [4.69, 9.17) is 21.8 Å². The van der Waals surface area contributed by atoms with E-state index in [0.717, 1.165) is 10.4 Å². The Labute approximate surface area is 113 Å². The lowest BCUT2D eigenvalue weighted by Gasteiger charge is -1.95. The maximum absolute atomic E-state index is 5.83. The van der Waals surface area contributed by atoms with E-state index in [0.29, 0.717) is 21.5 Å². The van der Waals surface area contributed by atoms with Gasteiger partial charge in [-0.25, -0.2) is 4.98 Å². The number of nitrogen functional groups attached to an aromatic ring is 1. The summed E-state index contributed by atoms with van der Waals surface area (Å²) in [6.45, 7) is 0. The summed E-state index contributed by atoms with van der Waals surface area (Å²) in [5.74, 6) is 0. The Bertz CT molecular complexity index is 694. The van der Waals surface area contributed by atoms with Crippen LogP contribution in [0.1, 0.15) is 0 Å². The molecule has 0 bridgehead atoms. The zero-order valence-electron chi connectivity index (χ0n) is 9.26. The van der Waals surface area contributed by atoms with Crippen molar-refractivity contribution in [1.29, 1.82) is 0 Å². The molecule has 2 N–H and O–H groups in total. The summed E-state index contributed by atoms with van der Waals surface area (Å²) in [5.41, 5.74) is 7.87. The molecule has 0 amide bonds. The highest BCUT2D eigenvalue weighted by molar-refractivity contribution is 7.99. The van der Waals surface area contributed by atoms with Gasteiger partial charge in [0, 0.05) is 21.7 Å². The number of nitrogens with zero attached hydrogens (tertiary/aromatic N) is 1. The lowest BCUT2D eigenvalue weighted by Crippen LogP contribution is -1.81. The molecule has 1 aromatic heterocycles. The van der Waals surface area contributed by atoms with Gasteiger partial charge in [0.1, 0.15) is 5.52 Å². The van der Waals surface area contributed by atoms with Crippen LogP contribution in [0.3, 0.4) is 0 Å². The number of aromatic nitrogens is 1. The third-order valence-electron chi connectivity index (χ3n) is 2.41. The van der Waals surface area contributed by atoms with Gasteiger partial charge in [0.15, 0.2) is 5.58 Å². The average Bonchev–Trinajstić information content (AvgIpc) is 2.73. The summed E-state index contributed by atoms with van der Waals surface area (Å²) in [6, 6.07) is 13.0. The monoisotopic (exact) mass is 276 g/mol. The zero-order chi connectivity index (χ0) is 12.5. The fourth-order valence-corrected chi connectivity index (χ4v) is 2.44. The minimum atomic E-state index is 0.595. The minimum absolute atomic E-state index is 0.595. The van der Waals surface area contributed by atoms with E-state index in [9.17, 15) is 0 Å². The predicted molar refractivity (Wildman–Crippen MR) is 74.0 cm³/mol. The maximum Gasteiger partial charge on any atom is 0.261 e. The molecule has 0 atom stereocenters. The molecule has 3 nitrogen and oxygen atoms in total. The lowest BCUT2D eigenvalue weighted by molar-refractivity contribution is 0.489. The summed E-state index contributed by atoms with van der Waals surface area (Å²) in [7, 11) is 0. The summed E-state index contributed by atoms with van der Waals surface area (Å²) < 4.78 is 5.62. The summed E-state index contributed by atoms with van der Waals surface area (Å²) in [4.78, 5) is 5.41. The SMILES string of the molecule is Nc1ccc2nc(Sc3ccc(Cl)cc3)oc2c1. The van der Waals surface area contributed by atoms with E-state index < -0.39 is 0 Å². The first-order valence-corrected chi connectivity index (χ1v) is 6.50. The van der Waals surface area contributed by atoms with E-state index in [1.54, 1.807) is 6.07 Å². The van der Waals surface area contributed by atoms with Crippen LogP contribution in [0, 0.1) is 0 Å². The number of hydrogen-bond acceptors (Lipinski definition) is 4. The molecule has 18 heavy (non-hydrogen) atoms. The van der Waals surface area contributed by atoms with Gasteiger partial charge >= 0.3 is 0 Å². The van der Waals surface area contributed by atoms with Gasteiger partial charge in [0.05, 0.1) is 0 Å². The number of anilines is 1. The van der Waals surface area contributed by atoms with Gasteiger partial charge in [-0.1, -0.05) is 11.6 Å². The van der Waals surface area contributed by atoms with Gasteiger partial charge in [0.2, 0.25) is 0 Å². The van der Waals surface area contributed by atoms with E-state index in [-0.39, 0.29) is 0 Å². The van der Waals surface area contributed by atoms with Crippen LogP contribution >= 0.6 is 23.4 Å². The standard InChI is InChI=1S/C13H9ClN2OS/c14-8-1-4-10(5-2-8)18-13-16-11-6-3-9(15)7-12(11)17-13/h1-7H,15H2. The van der Waals surface area contributed by atoms with Crippen molar-refractivity contribution in [3.8, 4) is 0 Å². The van der Waals surface area contributed by atoms with Crippen LogP contribution in [0.15, 0.2) is 57.0 Å². The van der Waals surface area contributed by atoms with Crippen LogP contribution in [0.2, 0.25) is 5.02 Å². The molecule has 1 heterocycles. The average molecular weight is 277 g/mol. The predicted octanol–water partition coefficient (Wildman–Crippen LogP) is 4.21. The molecule has 0 saturated heterocycles. The largest absolute Gasteiger partial charge is 0.431 e. The first-order valence-electron chi connectivity index (χ1n) is 5.30. The summed E-state index contributed by atoms with van der Waals surface area (Å²) in [5, 5.41) is 1.31. The molecule has 0 fully saturated rings. The second-order valence-corrected chi connectivity index (χ2v) is 5.22. The number of oxazole rings is 1. The Hall–Kier alpha value is -1.65. The third kappa shape index (κ3) is 2.30. The molecule has 90 valence electrons. The quantitative estimate of drug-likeness (QED) is 0.712. The number of hydrogen-bond donors (Lipinski definition) is 1. The second-order valence-electron chi connectivity index (χ2n) is 3.76. The Kier molecular flexibility index (Phi) is 2.89. The molecule has 0 saturated carbocycles. The van der Waals surface area contributed by atoms with Crippen molar-refractivity contribution in [3.05, 3.63) is 47.5 Å². The third-order valence-corrected chi connectivity index (χ3v) is 3.52. The number of benzene rings is 2. The smallest absolute Gasteiger partial charge is 0.261 e. The van der Waals surface area contributed by atoms with Crippen molar-refractivity contribution in [3.63, 3.8) is 0 Å². The molecule has 2 aromatic carbocycles. The van der Waals surface area contributed by atoms with Crippen molar-refractivity contribution in [2.75, 3.05) is 5.73 Å². The highest BCUT2D eigenvalue weighted by Crippen LogP contribution is 2.31. The Morgan fingerprint density at radius 3 is 2.67 bits per heavy atom. The molecule has 0 radical (unpaired) electrons. The fraction of sp³-hybridized carbons (Fsp3) is 0. The number of rotatable bonds is 2. The molecule has 5 heteroatoms. The summed E-state index contributed by atoms with van der Waals surface area (Å²) >= 11 is 7.28. The molecule has 0 unspecified atom stereocenters. The van der Waals surface area contributed by atoms with Gasteiger partial charge in [-0.15, -0.1) is 0 Å². The van der Waals surface area contributed by atoms with Crippen molar-refractivity contribution in [1.82, 2.24) is 4.98 Å². The van der Waals surface area contributed by atoms with Gasteiger partial charge in [-0.05, 0) is 48.2 Å². The molecule has 0 aliphatic rings. The molecule has 3 rings (SSSR count). The van der Waals surface area contributed by atoms with Crippen LogP contribution in [0.4, 0.5) is 5.69 Å². The van der Waals surface area contributed by atoms with Crippen LogP contribution in [-0.4, -0.2) is 4.98 Å². The van der Waals surface area contributed by atoms with Crippen molar-refractivity contribution in [2.24, 2.45) is 0 Å².